The first-order valence-electron chi connectivity index (χ1n) is 8.87. The monoisotopic (exact) mass is 400 g/mol. The van der Waals surface area contributed by atoms with E-state index in [-0.39, 0.29) is 18.1 Å². The van der Waals surface area contributed by atoms with Gasteiger partial charge in [0.15, 0.2) is 17.6 Å². The second kappa shape index (κ2) is 8.59. The number of furan rings is 1. The van der Waals surface area contributed by atoms with Gasteiger partial charge in [-0.25, -0.2) is 9.78 Å². The van der Waals surface area contributed by atoms with E-state index in [9.17, 15) is 22.8 Å². The van der Waals surface area contributed by atoms with Gasteiger partial charge >= 0.3 is 12.1 Å². The number of ether oxygens (including phenoxy) is 1. The number of nitrogens with zero attached hydrogens (tertiary/aromatic N) is 1. The summed E-state index contributed by atoms with van der Waals surface area (Å²) in [7, 11) is 0. The van der Waals surface area contributed by atoms with Crippen molar-refractivity contribution < 1.29 is 36.3 Å². The van der Waals surface area contributed by atoms with Gasteiger partial charge in [-0.15, -0.1) is 0 Å². The maximum absolute atomic E-state index is 12.6. The van der Waals surface area contributed by atoms with Gasteiger partial charge in [0.25, 0.3) is 11.7 Å². The van der Waals surface area contributed by atoms with Crippen molar-refractivity contribution in [1.82, 2.24) is 10.3 Å². The van der Waals surface area contributed by atoms with Crippen molar-refractivity contribution in [3.63, 3.8) is 0 Å². The summed E-state index contributed by atoms with van der Waals surface area (Å²) in [6.07, 6.45) is -2.09. The molecule has 1 atom stereocenters. The molecule has 1 aliphatic heterocycles. The van der Waals surface area contributed by atoms with E-state index in [2.05, 4.69) is 15.0 Å². The highest BCUT2D eigenvalue weighted by molar-refractivity contribution is 5.97. The fourth-order valence-electron chi connectivity index (χ4n) is 3.06. The van der Waals surface area contributed by atoms with Crippen LogP contribution in [0.5, 0.6) is 0 Å². The standard InChI is InChI=1S/C18H19F3N2O5/c19-18(20,21)17(25)28-13(4-3-11-5-7-22-8-6-11)15(24)16-23-10-14(27-16)12-2-1-9-26-12/h1-2,9-11,13,22H,3-8H2. The predicted molar refractivity (Wildman–Crippen MR) is 89.3 cm³/mol. The molecular weight excluding hydrogens is 381 g/mol. The van der Waals surface area contributed by atoms with Crippen LogP contribution >= 0.6 is 0 Å². The number of carbonyl (C=O) groups excluding carboxylic acids is 2. The van der Waals surface area contributed by atoms with Gasteiger partial charge in [0.1, 0.15) is 0 Å². The molecule has 0 bridgehead atoms. The van der Waals surface area contributed by atoms with Crippen molar-refractivity contribution >= 4 is 11.8 Å². The smallest absolute Gasteiger partial charge is 0.461 e. The molecule has 2 aromatic heterocycles. The second-order valence-electron chi connectivity index (χ2n) is 6.53. The Balaban J connectivity index is 1.72. The molecule has 0 saturated carbocycles. The number of esters is 1. The summed E-state index contributed by atoms with van der Waals surface area (Å²) in [5.74, 6) is -3.06. The number of alkyl halides is 3. The van der Waals surface area contributed by atoms with Crippen LogP contribution in [0.3, 0.4) is 0 Å². The van der Waals surface area contributed by atoms with E-state index in [1.54, 1.807) is 12.1 Å². The van der Waals surface area contributed by atoms with Gasteiger partial charge in [-0.2, -0.15) is 13.2 Å². The minimum atomic E-state index is -5.19. The highest BCUT2D eigenvalue weighted by Crippen LogP contribution is 2.26. The Hall–Kier alpha value is -2.62. The lowest BCUT2D eigenvalue weighted by Gasteiger charge is -2.24. The quantitative estimate of drug-likeness (QED) is 0.562. The maximum atomic E-state index is 12.6. The third-order valence-corrected chi connectivity index (χ3v) is 4.55. The lowest BCUT2D eigenvalue weighted by Crippen LogP contribution is -2.35. The lowest BCUT2D eigenvalue weighted by atomic mass is 9.91. The summed E-state index contributed by atoms with van der Waals surface area (Å²) in [6.45, 7) is 1.61. The zero-order valence-corrected chi connectivity index (χ0v) is 14.8. The average molecular weight is 400 g/mol. The molecule has 1 unspecified atom stereocenters. The van der Waals surface area contributed by atoms with Crippen molar-refractivity contribution in [2.24, 2.45) is 5.92 Å². The lowest BCUT2D eigenvalue weighted by molar-refractivity contribution is -0.203. The van der Waals surface area contributed by atoms with Crippen molar-refractivity contribution in [2.45, 2.75) is 38.0 Å². The molecule has 0 aromatic carbocycles. The van der Waals surface area contributed by atoms with Gasteiger partial charge in [-0.3, -0.25) is 4.79 Å². The molecule has 1 fully saturated rings. The van der Waals surface area contributed by atoms with Crippen LogP contribution in [0.4, 0.5) is 13.2 Å². The van der Waals surface area contributed by atoms with Crippen LogP contribution < -0.4 is 5.32 Å². The summed E-state index contributed by atoms with van der Waals surface area (Å²) < 4.78 is 52.7. The minimum absolute atomic E-state index is 0.0379. The number of halogens is 3. The number of carbonyl (C=O) groups is 2. The SMILES string of the molecule is O=C(c1ncc(-c2ccco2)o1)C(CCC1CCNCC1)OC(=O)C(F)(F)F. The molecule has 3 heterocycles. The highest BCUT2D eigenvalue weighted by atomic mass is 19.4. The third kappa shape index (κ3) is 5.00. The Morgan fingerprint density at radius 2 is 2.04 bits per heavy atom. The van der Waals surface area contributed by atoms with Crippen LogP contribution in [-0.2, 0) is 9.53 Å². The molecule has 28 heavy (non-hydrogen) atoms. The molecule has 10 heteroatoms. The third-order valence-electron chi connectivity index (χ3n) is 4.55. The summed E-state index contributed by atoms with van der Waals surface area (Å²) in [6, 6.07) is 3.18. The molecule has 1 aliphatic rings. The van der Waals surface area contributed by atoms with Crippen LogP contribution in [0.15, 0.2) is 33.4 Å². The highest BCUT2D eigenvalue weighted by Gasteiger charge is 2.44. The van der Waals surface area contributed by atoms with Gasteiger partial charge in [-0.1, -0.05) is 0 Å². The number of oxazole rings is 1. The molecular formula is C18H19F3N2O5. The van der Waals surface area contributed by atoms with Crippen LogP contribution in [0, 0.1) is 5.92 Å². The number of hydrogen-bond donors (Lipinski definition) is 1. The summed E-state index contributed by atoms with van der Waals surface area (Å²) in [4.78, 5) is 27.7. The number of rotatable bonds is 7. The van der Waals surface area contributed by atoms with E-state index in [0.717, 1.165) is 25.9 Å². The first-order valence-corrected chi connectivity index (χ1v) is 8.87. The van der Waals surface area contributed by atoms with Crippen LogP contribution in [0.1, 0.15) is 36.4 Å². The number of ketones is 1. The first-order chi connectivity index (χ1) is 13.3. The number of Topliss-reactive ketones (excluding diaryl/α,β-unsaturated/α-hetero) is 1. The topological polar surface area (TPSA) is 94.6 Å². The van der Waals surface area contributed by atoms with Crippen molar-refractivity contribution in [1.29, 1.82) is 0 Å². The van der Waals surface area contributed by atoms with E-state index in [4.69, 9.17) is 8.83 Å². The van der Waals surface area contributed by atoms with Crippen molar-refractivity contribution in [2.75, 3.05) is 13.1 Å². The molecule has 0 amide bonds. The van der Waals surface area contributed by atoms with Gasteiger partial charge in [-0.05, 0) is 56.8 Å². The Kier molecular flexibility index (Phi) is 6.18. The van der Waals surface area contributed by atoms with Gasteiger partial charge in [0, 0.05) is 0 Å². The predicted octanol–water partition coefficient (Wildman–Crippen LogP) is 3.37. The van der Waals surface area contributed by atoms with E-state index < -0.39 is 29.9 Å². The largest absolute Gasteiger partial charge is 0.490 e. The van der Waals surface area contributed by atoms with Crippen molar-refractivity contribution in [3.8, 4) is 11.5 Å². The Labute approximate surface area is 158 Å². The van der Waals surface area contributed by atoms with E-state index in [1.807, 2.05) is 0 Å². The number of hydrogen-bond acceptors (Lipinski definition) is 7. The maximum Gasteiger partial charge on any atom is 0.490 e. The molecule has 152 valence electrons. The second-order valence-corrected chi connectivity index (χ2v) is 6.53. The molecule has 0 spiro atoms. The molecule has 2 aromatic rings. The Morgan fingerprint density at radius 3 is 2.68 bits per heavy atom. The Bertz CT molecular complexity index is 795. The molecule has 7 nitrogen and oxygen atoms in total. The molecule has 1 N–H and O–H groups in total. The molecule has 1 saturated heterocycles. The summed E-state index contributed by atoms with van der Waals surface area (Å²) >= 11 is 0. The number of nitrogens with one attached hydrogen (secondary N) is 1. The minimum Gasteiger partial charge on any atom is -0.461 e. The van der Waals surface area contributed by atoms with E-state index >= 15 is 0 Å². The fourth-order valence-corrected chi connectivity index (χ4v) is 3.06. The summed E-state index contributed by atoms with van der Waals surface area (Å²) in [5.41, 5.74) is 0. The average Bonchev–Trinajstić information content (AvgIpc) is 3.35. The molecule has 0 aliphatic carbocycles. The van der Waals surface area contributed by atoms with Crippen molar-refractivity contribution in [3.05, 3.63) is 30.5 Å². The Morgan fingerprint density at radius 1 is 1.29 bits per heavy atom. The van der Waals surface area contributed by atoms with Crippen LogP contribution in [0.2, 0.25) is 0 Å². The first kappa shape index (κ1) is 20.1. The van der Waals surface area contributed by atoms with Crippen LogP contribution in [-0.4, -0.2) is 42.1 Å². The molecule has 3 rings (SSSR count). The van der Waals surface area contributed by atoms with Gasteiger partial charge < -0.3 is 18.9 Å². The number of piperidine rings is 1. The zero-order chi connectivity index (χ0) is 20.1. The van der Waals surface area contributed by atoms with E-state index in [0.29, 0.717) is 12.2 Å². The van der Waals surface area contributed by atoms with Gasteiger partial charge in [0.05, 0.1) is 12.5 Å². The number of aromatic nitrogens is 1. The fraction of sp³-hybridized carbons (Fsp3) is 0.500. The summed E-state index contributed by atoms with van der Waals surface area (Å²) in [5, 5.41) is 3.18. The zero-order valence-electron chi connectivity index (χ0n) is 14.8. The molecule has 0 radical (unpaired) electrons. The normalized spacial score (nSPS) is 16.7. The van der Waals surface area contributed by atoms with Crippen LogP contribution in [0.25, 0.3) is 11.5 Å². The van der Waals surface area contributed by atoms with Gasteiger partial charge in [0.2, 0.25) is 0 Å². The van der Waals surface area contributed by atoms with E-state index in [1.165, 1.54) is 12.5 Å².